The Kier molecular flexibility index (Phi) is 5.30. The molecule has 3 aromatic rings. The summed E-state index contributed by atoms with van der Waals surface area (Å²) in [6, 6.07) is 7.46. The smallest absolute Gasteiger partial charge is 0.318 e. The third-order valence-electron chi connectivity index (χ3n) is 5.44. The number of hydrogen-bond acceptors (Lipinski definition) is 7. The minimum absolute atomic E-state index is 0.0215. The molecule has 1 aliphatic carbocycles. The molecule has 1 fully saturated rings. The second-order valence-corrected chi connectivity index (χ2v) is 7.35. The zero-order valence-corrected chi connectivity index (χ0v) is 16.0. The molecule has 0 amide bonds. The van der Waals surface area contributed by atoms with Crippen LogP contribution >= 0.6 is 0 Å². The minimum Gasteiger partial charge on any atom is -0.395 e. The highest BCUT2D eigenvalue weighted by Gasteiger charge is 2.24. The van der Waals surface area contributed by atoms with Crippen LogP contribution in [0.1, 0.15) is 38.1 Å². The fraction of sp³-hybridized carbons (Fsp3) is 0.400. The lowest BCUT2D eigenvalue weighted by Crippen LogP contribution is -2.11. The quantitative estimate of drug-likeness (QED) is 0.429. The minimum atomic E-state index is -0.516. The summed E-state index contributed by atoms with van der Waals surface area (Å²) in [6.45, 7) is 0.187. The standard InChI is InChI=1S/C20H24N6O3/c21-15-11-18(22-8-9-27)24-19(20(15)26(28)29)13-6-7-17-16(10-13)23-12-25(17)14-4-2-1-3-5-14/h6-7,10-12,14,27H,1-5,8-9H2,(H3,21,22,24). The molecule has 2 aromatic heterocycles. The van der Waals surface area contributed by atoms with Crippen LogP contribution in [0.4, 0.5) is 17.2 Å². The maximum absolute atomic E-state index is 11.6. The predicted octanol–water partition coefficient (Wildman–Crippen LogP) is 3.50. The molecule has 9 nitrogen and oxygen atoms in total. The lowest BCUT2D eigenvalue weighted by Gasteiger charge is -2.23. The Balaban J connectivity index is 1.77. The number of nitrogen functional groups attached to an aromatic ring is 1. The van der Waals surface area contributed by atoms with Crippen LogP contribution in [-0.2, 0) is 0 Å². The highest BCUT2D eigenvalue weighted by Crippen LogP contribution is 2.37. The molecule has 1 saturated carbocycles. The van der Waals surface area contributed by atoms with Crippen molar-refractivity contribution < 1.29 is 10.0 Å². The van der Waals surface area contributed by atoms with E-state index in [2.05, 4.69) is 19.9 Å². The molecule has 0 saturated heterocycles. The molecule has 0 bridgehead atoms. The summed E-state index contributed by atoms with van der Waals surface area (Å²) in [7, 11) is 0. The number of aromatic nitrogens is 3. The van der Waals surface area contributed by atoms with Crippen molar-refractivity contribution in [1.82, 2.24) is 14.5 Å². The van der Waals surface area contributed by atoms with E-state index in [1.54, 1.807) is 0 Å². The molecule has 0 radical (unpaired) electrons. The van der Waals surface area contributed by atoms with Gasteiger partial charge in [-0.15, -0.1) is 0 Å². The third kappa shape index (κ3) is 3.73. The van der Waals surface area contributed by atoms with Gasteiger partial charge in [0, 0.05) is 24.2 Å². The second-order valence-electron chi connectivity index (χ2n) is 7.35. The molecule has 1 aliphatic rings. The van der Waals surface area contributed by atoms with Crippen LogP contribution in [0.25, 0.3) is 22.3 Å². The summed E-state index contributed by atoms with van der Waals surface area (Å²) in [5, 5.41) is 23.5. The van der Waals surface area contributed by atoms with Crippen molar-refractivity contribution in [3.05, 3.63) is 40.7 Å². The van der Waals surface area contributed by atoms with Crippen LogP contribution in [0.15, 0.2) is 30.6 Å². The number of nitrogens with two attached hydrogens (primary N) is 1. The van der Waals surface area contributed by atoms with Gasteiger partial charge in [0.15, 0.2) is 5.69 Å². The fourth-order valence-corrected chi connectivity index (χ4v) is 4.05. The van der Waals surface area contributed by atoms with Gasteiger partial charge in [-0.25, -0.2) is 9.97 Å². The molecule has 9 heteroatoms. The Morgan fingerprint density at radius 1 is 1.28 bits per heavy atom. The van der Waals surface area contributed by atoms with Crippen LogP contribution in [0.3, 0.4) is 0 Å². The number of nitro groups is 1. The predicted molar refractivity (Wildman–Crippen MR) is 112 cm³/mol. The highest BCUT2D eigenvalue weighted by atomic mass is 16.6. The van der Waals surface area contributed by atoms with Crippen LogP contribution in [0.2, 0.25) is 0 Å². The van der Waals surface area contributed by atoms with Gasteiger partial charge in [-0.1, -0.05) is 25.3 Å². The Bertz CT molecular complexity index is 1040. The van der Waals surface area contributed by atoms with Crippen molar-refractivity contribution in [3.63, 3.8) is 0 Å². The lowest BCUT2D eigenvalue weighted by atomic mass is 9.95. The Labute approximate surface area is 167 Å². The summed E-state index contributed by atoms with van der Waals surface area (Å²) in [5.74, 6) is 0.380. The molecule has 0 unspecified atom stereocenters. The molecule has 0 spiro atoms. The molecular formula is C20H24N6O3. The molecule has 0 aliphatic heterocycles. The van der Waals surface area contributed by atoms with Gasteiger partial charge in [-0.3, -0.25) is 10.1 Å². The first-order chi connectivity index (χ1) is 14.1. The number of benzene rings is 1. The van der Waals surface area contributed by atoms with Gasteiger partial charge >= 0.3 is 5.69 Å². The van der Waals surface area contributed by atoms with E-state index in [1.165, 1.54) is 25.3 Å². The maximum atomic E-state index is 11.6. The van der Waals surface area contributed by atoms with Gasteiger partial charge in [0.25, 0.3) is 0 Å². The summed E-state index contributed by atoms with van der Waals surface area (Å²) >= 11 is 0. The van der Waals surface area contributed by atoms with Crippen LogP contribution < -0.4 is 11.1 Å². The Hall–Kier alpha value is -3.20. The monoisotopic (exact) mass is 396 g/mol. The molecule has 4 N–H and O–H groups in total. The normalized spacial score (nSPS) is 14.9. The van der Waals surface area contributed by atoms with E-state index in [0.29, 0.717) is 17.4 Å². The van der Waals surface area contributed by atoms with Crippen LogP contribution in [0, 0.1) is 10.1 Å². The first-order valence-electron chi connectivity index (χ1n) is 9.85. The zero-order valence-electron chi connectivity index (χ0n) is 16.0. The Morgan fingerprint density at radius 3 is 2.79 bits per heavy atom. The number of aliphatic hydroxyl groups excluding tert-OH is 1. The molecule has 0 atom stereocenters. The lowest BCUT2D eigenvalue weighted by molar-refractivity contribution is -0.383. The first kappa shape index (κ1) is 19.1. The van der Waals surface area contributed by atoms with Gasteiger partial charge < -0.3 is 20.7 Å². The number of hydrogen-bond donors (Lipinski definition) is 3. The third-order valence-corrected chi connectivity index (χ3v) is 5.44. The SMILES string of the molecule is Nc1cc(NCCO)nc(-c2ccc3c(c2)ncn3C2CCCCC2)c1[N+](=O)[O-]. The summed E-state index contributed by atoms with van der Waals surface area (Å²) in [4.78, 5) is 20.0. The number of rotatable bonds is 6. The van der Waals surface area contributed by atoms with Crippen LogP contribution in [0.5, 0.6) is 0 Å². The highest BCUT2D eigenvalue weighted by molar-refractivity contribution is 5.86. The van der Waals surface area contributed by atoms with Crippen molar-refractivity contribution in [2.75, 3.05) is 24.2 Å². The van der Waals surface area contributed by atoms with Crippen molar-refractivity contribution >= 4 is 28.2 Å². The van der Waals surface area contributed by atoms with Crippen molar-refractivity contribution in [2.45, 2.75) is 38.1 Å². The fourth-order valence-electron chi connectivity index (χ4n) is 4.05. The number of pyridine rings is 1. The van der Waals surface area contributed by atoms with E-state index < -0.39 is 4.92 Å². The van der Waals surface area contributed by atoms with E-state index in [-0.39, 0.29) is 30.2 Å². The molecule has 2 heterocycles. The summed E-state index contributed by atoms with van der Waals surface area (Å²) in [6.07, 6.45) is 7.89. The number of aliphatic hydroxyl groups is 1. The number of anilines is 2. The summed E-state index contributed by atoms with van der Waals surface area (Å²) in [5.41, 5.74) is 8.29. The molecule has 1 aromatic carbocycles. The first-order valence-corrected chi connectivity index (χ1v) is 9.85. The number of imidazole rings is 1. The van der Waals surface area contributed by atoms with Crippen LogP contribution in [-0.4, -0.2) is 37.7 Å². The van der Waals surface area contributed by atoms with Gasteiger partial charge in [0.2, 0.25) is 0 Å². The number of nitrogens with zero attached hydrogens (tertiary/aromatic N) is 4. The average molecular weight is 396 g/mol. The molecule has 4 rings (SSSR count). The summed E-state index contributed by atoms with van der Waals surface area (Å²) < 4.78 is 2.22. The molecular weight excluding hydrogens is 372 g/mol. The number of nitrogens with one attached hydrogen (secondary N) is 1. The van der Waals surface area contributed by atoms with Gasteiger partial charge in [0.05, 0.1) is 28.9 Å². The topological polar surface area (TPSA) is 132 Å². The van der Waals surface area contributed by atoms with Gasteiger partial charge in [-0.05, 0) is 25.0 Å². The van der Waals surface area contributed by atoms with Gasteiger partial charge in [-0.2, -0.15) is 0 Å². The largest absolute Gasteiger partial charge is 0.395 e. The van der Waals surface area contributed by atoms with E-state index in [9.17, 15) is 10.1 Å². The van der Waals surface area contributed by atoms with Crippen molar-refractivity contribution in [2.24, 2.45) is 0 Å². The van der Waals surface area contributed by atoms with E-state index in [0.717, 1.165) is 23.9 Å². The van der Waals surface area contributed by atoms with E-state index in [1.807, 2.05) is 24.5 Å². The van der Waals surface area contributed by atoms with Crippen molar-refractivity contribution in [1.29, 1.82) is 0 Å². The molecule has 152 valence electrons. The van der Waals surface area contributed by atoms with Gasteiger partial charge in [0.1, 0.15) is 11.5 Å². The van der Waals surface area contributed by atoms with Crippen molar-refractivity contribution in [3.8, 4) is 11.3 Å². The van der Waals surface area contributed by atoms with E-state index >= 15 is 0 Å². The Morgan fingerprint density at radius 2 is 2.07 bits per heavy atom. The molecule has 29 heavy (non-hydrogen) atoms. The number of fused-ring (bicyclic) bond motifs is 1. The maximum Gasteiger partial charge on any atom is 0.318 e. The average Bonchev–Trinajstić information content (AvgIpc) is 3.15. The zero-order chi connectivity index (χ0) is 20.4. The second kappa shape index (κ2) is 8.04. The van der Waals surface area contributed by atoms with E-state index in [4.69, 9.17) is 10.8 Å².